The number of amides is 1. The van der Waals surface area contributed by atoms with Gasteiger partial charge in [0.2, 0.25) is 5.91 Å². The summed E-state index contributed by atoms with van der Waals surface area (Å²) >= 11 is 5.82. The lowest BCUT2D eigenvalue weighted by Crippen LogP contribution is -2.41. The number of hydrogen-bond donors (Lipinski definition) is 1. The van der Waals surface area contributed by atoms with E-state index in [4.69, 9.17) is 11.6 Å². The molecule has 1 atom stereocenters. The topological polar surface area (TPSA) is 76.5 Å². The van der Waals surface area contributed by atoms with E-state index in [9.17, 15) is 22.8 Å². The summed E-state index contributed by atoms with van der Waals surface area (Å²) in [7, 11) is 0. The Kier molecular flexibility index (Phi) is 6.57. The normalized spacial score (nSPS) is 17.2. The van der Waals surface area contributed by atoms with Gasteiger partial charge in [0.05, 0.1) is 23.1 Å². The first-order chi connectivity index (χ1) is 15.7. The lowest BCUT2D eigenvalue weighted by molar-refractivity contribution is -0.274. The smallest absolute Gasteiger partial charge is 0.404 e. The summed E-state index contributed by atoms with van der Waals surface area (Å²) in [5.41, 5.74) is -0.348. The van der Waals surface area contributed by atoms with Gasteiger partial charge in [0.1, 0.15) is 5.82 Å². The molecule has 174 valence electrons. The van der Waals surface area contributed by atoms with Crippen LogP contribution in [0.5, 0.6) is 5.75 Å². The molecular formula is C22H20ClF3N4O3. The van der Waals surface area contributed by atoms with Gasteiger partial charge in [-0.2, -0.15) is 0 Å². The van der Waals surface area contributed by atoms with Gasteiger partial charge in [-0.05, 0) is 43.7 Å². The number of fused-ring (bicyclic) bond motifs is 1. The minimum Gasteiger partial charge on any atom is -0.404 e. The van der Waals surface area contributed by atoms with E-state index in [0.29, 0.717) is 30.4 Å². The molecule has 3 heterocycles. The van der Waals surface area contributed by atoms with Crippen LogP contribution in [0.1, 0.15) is 12.8 Å². The van der Waals surface area contributed by atoms with Gasteiger partial charge in [-0.3, -0.25) is 14.5 Å². The van der Waals surface area contributed by atoms with E-state index in [2.05, 4.69) is 15.0 Å². The third-order valence-corrected chi connectivity index (χ3v) is 5.61. The number of nitrogens with zero attached hydrogens (tertiary/aromatic N) is 3. The minimum absolute atomic E-state index is 0.0549. The van der Waals surface area contributed by atoms with Gasteiger partial charge in [0.15, 0.2) is 11.2 Å². The van der Waals surface area contributed by atoms with E-state index in [-0.39, 0.29) is 29.4 Å². The van der Waals surface area contributed by atoms with Crippen LogP contribution in [-0.2, 0) is 11.5 Å². The number of likely N-dealkylation sites (tertiary alicyclic amines) is 1. The Morgan fingerprint density at radius 3 is 2.79 bits per heavy atom. The van der Waals surface area contributed by atoms with Crippen LogP contribution >= 0.6 is 11.6 Å². The number of hydrogen-bond acceptors (Lipinski definition) is 5. The van der Waals surface area contributed by atoms with Gasteiger partial charge < -0.3 is 14.6 Å². The van der Waals surface area contributed by atoms with E-state index in [1.807, 2.05) is 4.90 Å². The van der Waals surface area contributed by atoms with Crippen LogP contribution in [0.15, 0.2) is 53.6 Å². The standard InChI is InChI=1S/C22H20ClF3N4O3/c23-15-6-7-19(27-11-15)28-21(32)14-3-2-9-29(12-14)13-30-10-8-17(31)16-4-1-5-18(20(16)30)33-22(24,25)26/h1,4-8,10-11,14H,2-3,9,12-13H2,(H,27,28,32)/t14-/m0/s1. The van der Waals surface area contributed by atoms with Crippen molar-refractivity contribution >= 4 is 34.2 Å². The van der Waals surface area contributed by atoms with Crippen LogP contribution in [0, 0.1) is 5.92 Å². The van der Waals surface area contributed by atoms with E-state index >= 15 is 0 Å². The molecule has 1 fully saturated rings. The number of pyridine rings is 2. The van der Waals surface area contributed by atoms with Gasteiger partial charge >= 0.3 is 6.36 Å². The molecule has 2 aromatic heterocycles. The Hall–Kier alpha value is -3.11. The molecule has 0 radical (unpaired) electrons. The molecule has 33 heavy (non-hydrogen) atoms. The predicted molar refractivity (Wildman–Crippen MR) is 117 cm³/mol. The second kappa shape index (κ2) is 9.40. The minimum atomic E-state index is -4.89. The number of aromatic nitrogens is 2. The molecular weight excluding hydrogens is 461 g/mol. The first-order valence-corrected chi connectivity index (χ1v) is 10.6. The number of para-hydroxylation sites is 1. The van der Waals surface area contributed by atoms with Crippen LogP contribution in [0.4, 0.5) is 19.0 Å². The van der Waals surface area contributed by atoms with Crippen LogP contribution in [-0.4, -0.2) is 39.8 Å². The second-order valence-corrected chi connectivity index (χ2v) is 8.19. The first-order valence-electron chi connectivity index (χ1n) is 10.2. The highest BCUT2D eigenvalue weighted by molar-refractivity contribution is 6.30. The molecule has 3 aromatic rings. The summed E-state index contributed by atoms with van der Waals surface area (Å²) < 4.78 is 44.5. The zero-order valence-corrected chi connectivity index (χ0v) is 18.1. The largest absolute Gasteiger partial charge is 0.573 e. The third kappa shape index (κ3) is 5.63. The maximum atomic E-state index is 12.9. The number of carbonyl (C=O) groups is 1. The predicted octanol–water partition coefficient (Wildman–Crippen LogP) is 4.26. The van der Waals surface area contributed by atoms with Crippen molar-refractivity contribution in [3.05, 3.63) is 64.0 Å². The number of halogens is 4. The van der Waals surface area contributed by atoms with Crippen LogP contribution in [0.2, 0.25) is 5.02 Å². The summed E-state index contributed by atoms with van der Waals surface area (Å²) in [6.07, 6.45) is -0.615. The number of anilines is 1. The van der Waals surface area contributed by atoms with Crippen LogP contribution in [0.3, 0.4) is 0 Å². The van der Waals surface area contributed by atoms with Crippen molar-refractivity contribution in [1.29, 1.82) is 0 Å². The number of carbonyl (C=O) groups excluding carboxylic acids is 1. The SMILES string of the molecule is O=C(Nc1ccc(Cl)cn1)[C@H]1CCCN(Cn2ccc(=O)c3cccc(OC(F)(F)F)c32)C1. The summed E-state index contributed by atoms with van der Waals surface area (Å²) in [5, 5.41) is 3.35. The van der Waals surface area contributed by atoms with Gasteiger partial charge in [-0.15, -0.1) is 13.2 Å². The zero-order chi connectivity index (χ0) is 23.6. The molecule has 1 aliphatic rings. The Balaban J connectivity index is 1.54. The number of alkyl halides is 3. The van der Waals surface area contributed by atoms with Gasteiger partial charge in [-0.1, -0.05) is 17.7 Å². The first kappa shape index (κ1) is 23.1. The zero-order valence-electron chi connectivity index (χ0n) is 17.3. The molecule has 0 aliphatic carbocycles. The van der Waals surface area contributed by atoms with E-state index < -0.39 is 17.5 Å². The number of ether oxygens (including phenoxy) is 1. The average Bonchev–Trinajstić information content (AvgIpc) is 2.76. The summed E-state index contributed by atoms with van der Waals surface area (Å²) in [4.78, 5) is 31.0. The maximum Gasteiger partial charge on any atom is 0.573 e. The quantitative estimate of drug-likeness (QED) is 0.590. The molecule has 0 spiro atoms. The Labute approximate surface area is 191 Å². The maximum absolute atomic E-state index is 12.9. The summed E-state index contributed by atoms with van der Waals surface area (Å²) in [5.74, 6) is -0.576. The third-order valence-electron chi connectivity index (χ3n) is 5.39. The van der Waals surface area contributed by atoms with Crippen LogP contribution in [0.25, 0.3) is 10.9 Å². The van der Waals surface area contributed by atoms with Crippen molar-refractivity contribution in [2.24, 2.45) is 5.92 Å². The van der Waals surface area contributed by atoms with Crippen molar-refractivity contribution in [3.63, 3.8) is 0 Å². The molecule has 1 amide bonds. The molecule has 7 nitrogen and oxygen atoms in total. The highest BCUT2D eigenvalue weighted by Crippen LogP contribution is 2.30. The Bertz CT molecular complexity index is 1210. The molecule has 0 saturated carbocycles. The van der Waals surface area contributed by atoms with Crippen LogP contribution < -0.4 is 15.5 Å². The fourth-order valence-corrected chi connectivity index (χ4v) is 4.07. The monoisotopic (exact) mass is 480 g/mol. The van der Waals surface area contributed by atoms with E-state index in [0.717, 1.165) is 6.42 Å². The molecule has 1 N–H and O–H groups in total. The highest BCUT2D eigenvalue weighted by Gasteiger charge is 2.32. The van der Waals surface area contributed by atoms with E-state index in [1.54, 1.807) is 16.7 Å². The van der Waals surface area contributed by atoms with Gasteiger partial charge in [0.25, 0.3) is 0 Å². The van der Waals surface area contributed by atoms with E-state index in [1.165, 1.54) is 36.7 Å². The lowest BCUT2D eigenvalue weighted by atomic mass is 9.97. The molecule has 1 saturated heterocycles. The Morgan fingerprint density at radius 1 is 1.24 bits per heavy atom. The average molecular weight is 481 g/mol. The number of piperidine rings is 1. The molecule has 4 rings (SSSR count). The fourth-order valence-electron chi connectivity index (χ4n) is 3.96. The second-order valence-electron chi connectivity index (χ2n) is 7.76. The van der Waals surface area contributed by atoms with Crippen molar-refractivity contribution in [1.82, 2.24) is 14.5 Å². The van der Waals surface area contributed by atoms with Gasteiger partial charge in [0, 0.05) is 30.4 Å². The number of rotatable bonds is 5. The molecule has 1 aromatic carbocycles. The molecule has 0 bridgehead atoms. The van der Waals surface area contributed by atoms with Crippen molar-refractivity contribution < 1.29 is 22.7 Å². The summed E-state index contributed by atoms with van der Waals surface area (Å²) in [6, 6.07) is 8.52. The number of nitrogens with one attached hydrogen (secondary N) is 1. The van der Waals surface area contributed by atoms with Crippen molar-refractivity contribution in [2.45, 2.75) is 25.9 Å². The molecule has 1 aliphatic heterocycles. The molecule has 0 unspecified atom stereocenters. The summed E-state index contributed by atoms with van der Waals surface area (Å²) in [6.45, 7) is 1.24. The number of benzene rings is 1. The van der Waals surface area contributed by atoms with Crippen molar-refractivity contribution in [3.8, 4) is 5.75 Å². The van der Waals surface area contributed by atoms with Gasteiger partial charge in [-0.25, -0.2) is 4.98 Å². The Morgan fingerprint density at radius 2 is 2.06 bits per heavy atom. The van der Waals surface area contributed by atoms with Crippen molar-refractivity contribution in [2.75, 3.05) is 18.4 Å². The highest BCUT2D eigenvalue weighted by atomic mass is 35.5. The molecule has 11 heteroatoms. The fraction of sp³-hybridized carbons (Fsp3) is 0.318. The lowest BCUT2D eigenvalue weighted by Gasteiger charge is -2.32.